The summed E-state index contributed by atoms with van der Waals surface area (Å²) in [6, 6.07) is 8.18. The summed E-state index contributed by atoms with van der Waals surface area (Å²) in [5.74, 6) is 0. The van der Waals surface area contributed by atoms with Crippen LogP contribution in [0.1, 0.15) is 5.56 Å². The van der Waals surface area contributed by atoms with Crippen LogP contribution >= 0.6 is 0 Å². The average Bonchev–Trinajstić information content (AvgIpc) is 2.65. The molecular formula is C10H9N3. The molecular weight excluding hydrogens is 162 g/mol. The minimum absolute atomic E-state index is 1.05. The number of para-hydroxylation sites is 1. The zero-order valence-corrected chi connectivity index (χ0v) is 7.28. The molecule has 0 atom stereocenters. The predicted molar refractivity (Wildman–Crippen MR) is 51.8 cm³/mol. The van der Waals surface area contributed by atoms with E-state index in [9.17, 15) is 0 Å². The third-order valence-corrected chi connectivity index (χ3v) is 2.37. The van der Waals surface area contributed by atoms with Gasteiger partial charge in [0.2, 0.25) is 0 Å². The van der Waals surface area contributed by atoms with Gasteiger partial charge < -0.3 is 4.98 Å². The monoisotopic (exact) mass is 171 g/mol. The van der Waals surface area contributed by atoms with Crippen LogP contribution in [-0.2, 0) is 0 Å². The van der Waals surface area contributed by atoms with Gasteiger partial charge in [0.05, 0.1) is 17.2 Å². The molecule has 3 rings (SSSR count). The number of hydrogen-bond donors (Lipinski definition) is 1. The van der Waals surface area contributed by atoms with E-state index in [2.05, 4.69) is 29.1 Å². The lowest BCUT2D eigenvalue weighted by Crippen LogP contribution is -1.81. The summed E-state index contributed by atoms with van der Waals surface area (Å²) < 4.78 is 1.92. The Kier molecular flexibility index (Phi) is 1.10. The van der Waals surface area contributed by atoms with Gasteiger partial charge in [-0.05, 0) is 18.6 Å². The maximum Gasteiger partial charge on any atom is 0.134 e. The number of benzene rings is 1. The first-order chi connectivity index (χ1) is 6.36. The van der Waals surface area contributed by atoms with Crippen molar-refractivity contribution in [2.45, 2.75) is 6.92 Å². The van der Waals surface area contributed by atoms with E-state index < -0.39 is 0 Å². The molecule has 0 bridgehead atoms. The van der Waals surface area contributed by atoms with Crippen LogP contribution in [0.25, 0.3) is 16.7 Å². The average molecular weight is 171 g/mol. The number of aryl methyl sites for hydroxylation is 1. The van der Waals surface area contributed by atoms with E-state index in [1.54, 1.807) is 6.20 Å². The van der Waals surface area contributed by atoms with Crippen molar-refractivity contribution in [1.82, 2.24) is 14.6 Å². The van der Waals surface area contributed by atoms with E-state index in [-0.39, 0.29) is 0 Å². The number of fused-ring (bicyclic) bond motifs is 3. The topological polar surface area (TPSA) is 33.1 Å². The van der Waals surface area contributed by atoms with Gasteiger partial charge in [-0.25, -0.2) is 4.52 Å². The Hall–Kier alpha value is -1.77. The highest BCUT2D eigenvalue weighted by atomic mass is 15.3. The fourth-order valence-corrected chi connectivity index (χ4v) is 1.71. The summed E-state index contributed by atoms with van der Waals surface area (Å²) in [5.41, 5.74) is 4.61. The number of aromatic amines is 1. The largest absolute Gasteiger partial charge is 0.338 e. The lowest BCUT2D eigenvalue weighted by atomic mass is 10.2. The summed E-state index contributed by atoms with van der Waals surface area (Å²) in [7, 11) is 0. The molecule has 0 saturated heterocycles. The zero-order chi connectivity index (χ0) is 8.84. The van der Waals surface area contributed by atoms with Crippen molar-refractivity contribution in [3.8, 4) is 0 Å². The van der Waals surface area contributed by atoms with Crippen LogP contribution in [0.2, 0.25) is 0 Å². The standard InChI is InChI=1S/C10H9N3/c1-7-3-2-4-8-10(7)12-9-5-6-11-13(8)9/h2-6,12H,1H3. The van der Waals surface area contributed by atoms with Gasteiger partial charge >= 0.3 is 0 Å². The Bertz CT molecular complexity index is 574. The van der Waals surface area contributed by atoms with Gasteiger partial charge in [0.1, 0.15) is 5.65 Å². The lowest BCUT2D eigenvalue weighted by molar-refractivity contribution is 1.01. The number of nitrogens with one attached hydrogen (secondary N) is 1. The number of imidazole rings is 1. The van der Waals surface area contributed by atoms with Crippen molar-refractivity contribution < 1.29 is 0 Å². The first-order valence-corrected chi connectivity index (χ1v) is 4.27. The van der Waals surface area contributed by atoms with Crippen LogP contribution in [0.3, 0.4) is 0 Å². The summed E-state index contributed by atoms with van der Waals surface area (Å²) in [5, 5.41) is 4.23. The maximum atomic E-state index is 4.23. The first kappa shape index (κ1) is 6.71. The molecule has 13 heavy (non-hydrogen) atoms. The van der Waals surface area contributed by atoms with Crippen molar-refractivity contribution in [1.29, 1.82) is 0 Å². The third-order valence-electron chi connectivity index (χ3n) is 2.37. The van der Waals surface area contributed by atoms with Gasteiger partial charge in [0.25, 0.3) is 0 Å². The summed E-state index contributed by atoms with van der Waals surface area (Å²) in [4.78, 5) is 3.33. The van der Waals surface area contributed by atoms with E-state index in [0.717, 1.165) is 11.2 Å². The maximum absolute atomic E-state index is 4.23. The van der Waals surface area contributed by atoms with Crippen LogP contribution in [0, 0.1) is 6.92 Å². The highest BCUT2D eigenvalue weighted by Crippen LogP contribution is 2.18. The molecule has 1 N–H and O–H groups in total. The van der Waals surface area contributed by atoms with Crippen LogP contribution in [0.15, 0.2) is 30.5 Å². The fraction of sp³-hybridized carbons (Fsp3) is 0.100. The summed E-state index contributed by atoms with van der Waals surface area (Å²) in [6.07, 6.45) is 1.80. The molecule has 0 amide bonds. The second kappa shape index (κ2) is 2.13. The Balaban J connectivity index is 2.66. The van der Waals surface area contributed by atoms with Crippen LogP contribution < -0.4 is 0 Å². The van der Waals surface area contributed by atoms with Crippen molar-refractivity contribution >= 4 is 16.7 Å². The van der Waals surface area contributed by atoms with E-state index in [4.69, 9.17) is 0 Å². The number of rotatable bonds is 0. The SMILES string of the molecule is Cc1cccc2c1[nH]c1ccnn12. The molecule has 0 aliphatic carbocycles. The van der Waals surface area contributed by atoms with E-state index >= 15 is 0 Å². The molecule has 3 nitrogen and oxygen atoms in total. The molecule has 2 heterocycles. The fourth-order valence-electron chi connectivity index (χ4n) is 1.71. The number of aromatic nitrogens is 3. The summed E-state index contributed by atoms with van der Waals surface area (Å²) in [6.45, 7) is 2.10. The molecule has 3 heteroatoms. The molecule has 0 unspecified atom stereocenters. The van der Waals surface area contributed by atoms with Crippen LogP contribution in [0.4, 0.5) is 0 Å². The number of nitrogens with zero attached hydrogens (tertiary/aromatic N) is 2. The summed E-state index contributed by atoms with van der Waals surface area (Å²) >= 11 is 0. The third kappa shape index (κ3) is 0.758. The molecule has 0 fully saturated rings. The van der Waals surface area contributed by atoms with Crippen LogP contribution in [0.5, 0.6) is 0 Å². The van der Waals surface area contributed by atoms with Crippen molar-refractivity contribution in [3.05, 3.63) is 36.0 Å². The van der Waals surface area contributed by atoms with Crippen molar-refractivity contribution in [2.24, 2.45) is 0 Å². The Morgan fingerprint density at radius 2 is 2.23 bits per heavy atom. The van der Waals surface area contributed by atoms with Crippen LogP contribution in [-0.4, -0.2) is 14.6 Å². The first-order valence-electron chi connectivity index (χ1n) is 4.27. The Labute approximate surface area is 75.0 Å². The molecule has 0 aliphatic rings. The molecule has 2 aromatic heterocycles. The molecule has 0 spiro atoms. The number of H-pyrrole nitrogens is 1. The zero-order valence-electron chi connectivity index (χ0n) is 7.28. The van der Waals surface area contributed by atoms with Gasteiger partial charge in [-0.2, -0.15) is 5.10 Å². The predicted octanol–water partition coefficient (Wildman–Crippen LogP) is 2.12. The van der Waals surface area contributed by atoms with E-state index in [1.165, 1.54) is 11.1 Å². The van der Waals surface area contributed by atoms with Gasteiger partial charge in [0.15, 0.2) is 0 Å². The minimum Gasteiger partial charge on any atom is -0.338 e. The molecule has 3 aromatic rings. The van der Waals surface area contributed by atoms with Crippen molar-refractivity contribution in [2.75, 3.05) is 0 Å². The van der Waals surface area contributed by atoms with Gasteiger partial charge in [-0.15, -0.1) is 0 Å². The second-order valence-electron chi connectivity index (χ2n) is 3.22. The van der Waals surface area contributed by atoms with Gasteiger partial charge in [-0.1, -0.05) is 12.1 Å². The van der Waals surface area contributed by atoms with Gasteiger partial charge in [-0.3, -0.25) is 0 Å². The highest BCUT2D eigenvalue weighted by Gasteiger charge is 2.04. The molecule has 1 aromatic carbocycles. The molecule has 0 saturated carbocycles. The van der Waals surface area contributed by atoms with E-state index in [0.29, 0.717) is 0 Å². The Morgan fingerprint density at radius 3 is 3.15 bits per heavy atom. The van der Waals surface area contributed by atoms with Gasteiger partial charge in [0, 0.05) is 6.07 Å². The molecule has 0 aliphatic heterocycles. The normalized spacial score (nSPS) is 11.5. The van der Waals surface area contributed by atoms with Crippen molar-refractivity contribution in [3.63, 3.8) is 0 Å². The minimum atomic E-state index is 1.05. The quantitative estimate of drug-likeness (QED) is 0.552. The highest BCUT2D eigenvalue weighted by molar-refractivity contribution is 5.82. The second-order valence-corrected chi connectivity index (χ2v) is 3.22. The smallest absolute Gasteiger partial charge is 0.134 e. The molecule has 64 valence electrons. The number of hydrogen-bond acceptors (Lipinski definition) is 1. The molecule has 0 radical (unpaired) electrons. The Morgan fingerprint density at radius 1 is 1.31 bits per heavy atom. The van der Waals surface area contributed by atoms with E-state index in [1.807, 2.05) is 16.6 Å². The lowest BCUT2D eigenvalue weighted by Gasteiger charge is -1.93.